The van der Waals surface area contributed by atoms with E-state index in [0.29, 0.717) is 16.3 Å². The van der Waals surface area contributed by atoms with Gasteiger partial charge < -0.3 is 14.6 Å². The third-order valence-electron chi connectivity index (χ3n) is 2.81. The van der Waals surface area contributed by atoms with Gasteiger partial charge in [-0.05, 0) is 29.8 Å². The number of benzene rings is 1. The maximum Gasteiger partial charge on any atom is 0.387 e. The van der Waals surface area contributed by atoms with Crippen molar-refractivity contribution in [1.29, 1.82) is 0 Å². The van der Waals surface area contributed by atoms with E-state index in [-0.39, 0.29) is 11.5 Å². The lowest BCUT2D eigenvalue weighted by molar-refractivity contribution is -0.0513. The van der Waals surface area contributed by atoms with E-state index < -0.39 is 12.7 Å². The predicted molar refractivity (Wildman–Crippen MR) is 77.6 cm³/mol. The molecule has 114 valence electrons. The number of hydrogen-bond donors (Lipinski definition) is 1. The Morgan fingerprint density at radius 2 is 2.00 bits per heavy atom. The SMILES string of the molecule is COc1ccc(C(O)Cc2ccc(Cl)s2)cc1OC(F)F. The minimum absolute atomic E-state index is 0.103. The van der Waals surface area contributed by atoms with Crippen LogP contribution < -0.4 is 9.47 Å². The lowest BCUT2D eigenvalue weighted by Crippen LogP contribution is -2.06. The number of aliphatic hydroxyl groups is 1. The van der Waals surface area contributed by atoms with Crippen molar-refractivity contribution in [3.63, 3.8) is 0 Å². The second-order valence-electron chi connectivity index (χ2n) is 4.21. The molecule has 1 aromatic carbocycles. The van der Waals surface area contributed by atoms with Crippen molar-refractivity contribution in [3.05, 3.63) is 45.1 Å². The normalized spacial score (nSPS) is 12.5. The molecule has 0 aliphatic carbocycles. The summed E-state index contributed by atoms with van der Waals surface area (Å²) in [6.07, 6.45) is -0.497. The van der Waals surface area contributed by atoms with E-state index in [9.17, 15) is 13.9 Å². The van der Waals surface area contributed by atoms with Crippen LogP contribution in [-0.2, 0) is 6.42 Å². The molecule has 0 saturated heterocycles. The van der Waals surface area contributed by atoms with Crippen LogP contribution in [0.15, 0.2) is 30.3 Å². The maximum absolute atomic E-state index is 12.4. The largest absolute Gasteiger partial charge is 0.493 e. The van der Waals surface area contributed by atoms with Gasteiger partial charge in [0, 0.05) is 11.3 Å². The number of alkyl halides is 2. The molecule has 1 N–H and O–H groups in total. The molecule has 1 heterocycles. The molecule has 0 saturated carbocycles. The summed E-state index contributed by atoms with van der Waals surface area (Å²) in [4.78, 5) is 0.902. The van der Waals surface area contributed by atoms with Gasteiger partial charge in [-0.3, -0.25) is 0 Å². The second kappa shape index (κ2) is 7.06. The first-order valence-corrected chi connectivity index (χ1v) is 7.24. The van der Waals surface area contributed by atoms with E-state index in [4.69, 9.17) is 16.3 Å². The van der Waals surface area contributed by atoms with Gasteiger partial charge in [-0.2, -0.15) is 8.78 Å². The highest BCUT2D eigenvalue weighted by Crippen LogP contribution is 2.33. The van der Waals surface area contributed by atoms with Gasteiger partial charge in [0.1, 0.15) is 0 Å². The Morgan fingerprint density at radius 1 is 1.24 bits per heavy atom. The van der Waals surface area contributed by atoms with Crippen LogP contribution in [-0.4, -0.2) is 18.8 Å². The first-order chi connectivity index (χ1) is 9.99. The summed E-state index contributed by atoms with van der Waals surface area (Å²) in [5.74, 6) is 0.0821. The monoisotopic (exact) mass is 334 g/mol. The molecule has 2 aromatic rings. The van der Waals surface area contributed by atoms with Gasteiger partial charge in [-0.1, -0.05) is 17.7 Å². The summed E-state index contributed by atoms with van der Waals surface area (Å²) in [7, 11) is 1.36. The summed E-state index contributed by atoms with van der Waals surface area (Å²) in [5, 5.41) is 10.2. The van der Waals surface area contributed by atoms with Crippen molar-refractivity contribution in [3.8, 4) is 11.5 Å². The minimum Gasteiger partial charge on any atom is -0.493 e. The Hall–Kier alpha value is -1.37. The summed E-state index contributed by atoms with van der Waals surface area (Å²) in [6, 6.07) is 8.00. The van der Waals surface area contributed by atoms with E-state index in [1.54, 1.807) is 12.1 Å². The van der Waals surface area contributed by atoms with Crippen LogP contribution in [0.3, 0.4) is 0 Å². The fourth-order valence-electron chi connectivity index (χ4n) is 1.86. The summed E-state index contributed by atoms with van der Waals surface area (Å²) < 4.78 is 34.7. The minimum atomic E-state index is -2.96. The van der Waals surface area contributed by atoms with Crippen LogP contribution in [0.25, 0.3) is 0 Å². The Bertz CT molecular complexity index is 604. The smallest absolute Gasteiger partial charge is 0.387 e. The van der Waals surface area contributed by atoms with Gasteiger partial charge in [-0.15, -0.1) is 11.3 Å². The van der Waals surface area contributed by atoms with Gasteiger partial charge in [0.2, 0.25) is 0 Å². The van der Waals surface area contributed by atoms with Crippen LogP contribution >= 0.6 is 22.9 Å². The zero-order chi connectivity index (χ0) is 15.4. The number of hydrogen-bond acceptors (Lipinski definition) is 4. The highest BCUT2D eigenvalue weighted by Gasteiger charge is 2.16. The number of rotatable bonds is 6. The second-order valence-corrected chi connectivity index (χ2v) is 6.01. The molecule has 21 heavy (non-hydrogen) atoms. The molecular formula is C14H13ClF2O3S. The average Bonchev–Trinajstić information content (AvgIpc) is 2.83. The highest BCUT2D eigenvalue weighted by atomic mass is 35.5. The van der Waals surface area contributed by atoms with Gasteiger partial charge in [0.05, 0.1) is 17.6 Å². The van der Waals surface area contributed by atoms with Crippen LogP contribution in [0.1, 0.15) is 16.5 Å². The third kappa shape index (κ3) is 4.30. The number of halogens is 3. The maximum atomic E-state index is 12.4. The standard InChI is InChI=1S/C14H13ClF2O3S/c1-19-11-4-2-8(6-12(11)20-14(16)17)10(18)7-9-3-5-13(15)21-9/h2-6,10,14,18H,7H2,1H3. The van der Waals surface area contributed by atoms with E-state index >= 15 is 0 Å². The van der Waals surface area contributed by atoms with E-state index in [0.717, 1.165) is 4.88 Å². The van der Waals surface area contributed by atoms with Gasteiger partial charge in [0.15, 0.2) is 11.5 Å². The first kappa shape index (κ1) is 16.0. The van der Waals surface area contributed by atoms with E-state index in [2.05, 4.69) is 4.74 Å². The van der Waals surface area contributed by atoms with Crippen molar-refractivity contribution < 1.29 is 23.4 Å². The topological polar surface area (TPSA) is 38.7 Å². The molecule has 3 nitrogen and oxygen atoms in total. The zero-order valence-electron chi connectivity index (χ0n) is 11.1. The van der Waals surface area contributed by atoms with Gasteiger partial charge >= 0.3 is 6.61 Å². The van der Waals surface area contributed by atoms with Crippen molar-refractivity contribution in [2.75, 3.05) is 7.11 Å². The van der Waals surface area contributed by atoms with Crippen molar-refractivity contribution in [1.82, 2.24) is 0 Å². The summed E-state index contributed by atoms with van der Waals surface area (Å²) >= 11 is 7.19. The zero-order valence-corrected chi connectivity index (χ0v) is 12.6. The third-order valence-corrected chi connectivity index (χ3v) is 4.07. The quantitative estimate of drug-likeness (QED) is 0.856. The molecule has 1 unspecified atom stereocenters. The van der Waals surface area contributed by atoms with Crippen molar-refractivity contribution >= 4 is 22.9 Å². The molecule has 0 fully saturated rings. The first-order valence-electron chi connectivity index (χ1n) is 6.04. The molecule has 2 rings (SSSR count). The van der Waals surface area contributed by atoms with Crippen LogP contribution in [0, 0.1) is 0 Å². The summed E-state index contributed by atoms with van der Waals surface area (Å²) in [6.45, 7) is -2.96. The molecule has 0 aliphatic heterocycles. The molecule has 0 aliphatic rings. The van der Waals surface area contributed by atoms with Crippen LogP contribution in [0.2, 0.25) is 4.34 Å². The number of methoxy groups -OCH3 is 1. The molecule has 1 aromatic heterocycles. The molecule has 0 radical (unpaired) electrons. The Kier molecular flexibility index (Phi) is 5.39. The lowest BCUT2D eigenvalue weighted by Gasteiger charge is -2.14. The molecule has 1 atom stereocenters. The van der Waals surface area contributed by atoms with E-state index in [1.807, 2.05) is 6.07 Å². The fraction of sp³-hybridized carbons (Fsp3) is 0.286. The Balaban J connectivity index is 2.18. The number of aliphatic hydroxyl groups excluding tert-OH is 1. The Morgan fingerprint density at radius 3 is 2.57 bits per heavy atom. The lowest BCUT2D eigenvalue weighted by atomic mass is 10.1. The van der Waals surface area contributed by atoms with Gasteiger partial charge in [-0.25, -0.2) is 0 Å². The van der Waals surface area contributed by atoms with Gasteiger partial charge in [0.25, 0.3) is 0 Å². The fourth-order valence-corrected chi connectivity index (χ4v) is 2.98. The van der Waals surface area contributed by atoms with Crippen LogP contribution in [0.5, 0.6) is 11.5 Å². The summed E-state index contributed by atoms with van der Waals surface area (Å²) in [5.41, 5.74) is 0.468. The molecule has 0 bridgehead atoms. The highest BCUT2D eigenvalue weighted by molar-refractivity contribution is 7.16. The molecule has 0 amide bonds. The molecular weight excluding hydrogens is 322 g/mol. The average molecular weight is 335 g/mol. The number of thiophene rings is 1. The molecule has 0 spiro atoms. The molecule has 7 heteroatoms. The van der Waals surface area contributed by atoms with E-state index in [1.165, 1.54) is 30.6 Å². The number of ether oxygens (including phenoxy) is 2. The predicted octanol–water partition coefficient (Wildman–Crippen LogP) is 4.29. The van der Waals surface area contributed by atoms with Crippen LogP contribution in [0.4, 0.5) is 8.78 Å². The van der Waals surface area contributed by atoms with Crippen molar-refractivity contribution in [2.45, 2.75) is 19.1 Å². The Labute approximate surface area is 129 Å². The van der Waals surface area contributed by atoms with Crippen molar-refractivity contribution in [2.24, 2.45) is 0 Å².